The quantitative estimate of drug-likeness (QED) is 0.0424. The monoisotopic (exact) mass is 1200 g/mol. The van der Waals surface area contributed by atoms with E-state index in [1.54, 1.807) is 35.3 Å². The van der Waals surface area contributed by atoms with Crippen LogP contribution in [0.15, 0.2) is 74.4 Å². The lowest BCUT2D eigenvalue weighted by molar-refractivity contribution is -0.118. The third-order valence-electron chi connectivity index (χ3n) is 13.8. The van der Waals surface area contributed by atoms with Crippen LogP contribution in [-0.4, -0.2) is 149 Å². The molecule has 7 aromatic rings. The summed E-state index contributed by atoms with van der Waals surface area (Å²) in [5.74, 6) is -0.983. The molecule has 10 rings (SSSR count). The maximum Gasteiger partial charge on any atom is 0.282 e. The normalized spacial score (nSPS) is 18.5. The number of anilines is 4. The molecule has 2 amide bonds. The van der Waals surface area contributed by atoms with Crippen molar-refractivity contribution in [3.8, 4) is 45.8 Å². The molecule has 3 aliphatic rings. The number of rotatable bonds is 21. The molecule has 430 valence electrons. The molecule has 0 saturated carbocycles. The lowest BCUT2D eigenvalue weighted by atomic mass is 10.0. The van der Waals surface area contributed by atoms with Gasteiger partial charge in [0.15, 0.2) is 11.6 Å². The van der Waals surface area contributed by atoms with E-state index in [1.807, 2.05) is 6.20 Å². The standard InChI is InChI=1S/C54H54Cl4F2N14O8/c1-6-42(75)67-30-8-11-80-23-34(30)65-40-14-28-32(20-61-40)69-51(44-46(55)36(77-3)16-37(78-4)47(44)56)71-50(28)63-18-27-19-64-74(22-27)10-13-82-39-17-38(79-5)48(57)45(49(39)58)52-70-33-21-62-41(15-29(33)53(72-52)73-25-54(59,60)26-73)66-35-24-81-12-9-31(35)68-43(76)7-2/h6-7,14-17,19-22,30-31,34-35H,1-2,8-13,18,23-26H2,3-5H3,(H,61,65)(H,62,66)(H,67,75)(H,68,76)(H,63,69,71)/t30-,31-,34+,35+/m0/s1. The van der Waals surface area contributed by atoms with Gasteiger partial charge >= 0.3 is 0 Å². The first-order valence-corrected chi connectivity index (χ1v) is 27.2. The number of carbonyl (C=O) groups is 2. The highest BCUT2D eigenvalue weighted by atomic mass is 35.5. The number of pyridine rings is 2. The Labute approximate surface area is 488 Å². The van der Waals surface area contributed by atoms with Gasteiger partial charge in [0.2, 0.25) is 11.8 Å². The number of fused-ring (bicyclic) bond motifs is 2. The van der Waals surface area contributed by atoms with Crippen molar-refractivity contribution in [2.75, 3.05) is 88.3 Å². The molecule has 82 heavy (non-hydrogen) atoms. The highest BCUT2D eigenvalue weighted by Crippen LogP contribution is 2.48. The van der Waals surface area contributed by atoms with E-state index in [2.05, 4.69) is 54.8 Å². The molecule has 0 spiro atoms. The molecule has 5 aromatic heterocycles. The van der Waals surface area contributed by atoms with Gasteiger partial charge in [-0.3, -0.25) is 14.3 Å². The smallest absolute Gasteiger partial charge is 0.282 e. The van der Waals surface area contributed by atoms with Crippen molar-refractivity contribution in [2.45, 2.75) is 56.0 Å². The minimum absolute atomic E-state index is 0.0135. The zero-order valence-electron chi connectivity index (χ0n) is 44.3. The maximum atomic E-state index is 14.5. The minimum atomic E-state index is -2.95. The molecule has 28 heteroatoms. The van der Waals surface area contributed by atoms with Crippen LogP contribution in [0.1, 0.15) is 18.4 Å². The first-order chi connectivity index (χ1) is 39.6. The number of aromatic nitrogens is 8. The molecule has 0 aliphatic carbocycles. The predicted molar refractivity (Wildman–Crippen MR) is 307 cm³/mol. The highest BCUT2D eigenvalue weighted by Gasteiger charge is 2.45. The third-order valence-corrected chi connectivity index (χ3v) is 15.3. The first kappa shape index (κ1) is 57.6. The fourth-order valence-corrected chi connectivity index (χ4v) is 10.9. The van der Waals surface area contributed by atoms with Crippen molar-refractivity contribution in [2.24, 2.45) is 0 Å². The molecular formula is C54H54Cl4F2N14O8. The van der Waals surface area contributed by atoms with E-state index in [1.165, 1.54) is 50.6 Å². The van der Waals surface area contributed by atoms with Crippen LogP contribution in [0.5, 0.6) is 23.0 Å². The van der Waals surface area contributed by atoms with E-state index in [0.717, 1.165) is 5.56 Å². The summed E-state index contributed by atoms with van der Waals surface area (Å²) in [7, 11) is 4.36. The van der Waals surface area contributed by atoms with Crippen LogP contribution >= 0.6 is 46.4 Å². The fourth-order valence-electron chi connectivity index (χ4n) is 9.61. The number of methoxy groups -OCH3 is 3. The lowest BCUT2D eigenvalue weighted by Crippen LogP contribution is -2.56. The van der Waals surface area contributed by atoms with Gasteiger partial charge in [0.05, 0.1) is 139 Å². The van der Waals surface area contributed by atoms with Gasteiger partial charge in [-0.25, -0.2) is 38.7 Å². The number of carbonyl (C=O) groups excluding carboxylic acids is 2. The fraction of sp³-hybridized carbons (Fsp3) is 0.352. The van der Waals surface area contributed by atoms with Crippen LogP contribution < -0.4 is 50.4 Å². The summed E-state index contributed by atoms with van der Waals surface area (Å²) in [6.45, 7) is 8.02. The summed E-state index contributed by atoms with van der Waals surface area (Å²) in [6, 6.07) is 5.35. The van der Waals surface area contributed by atoms with Gasteiger partial charge in [0.1, 0.15) is 52.9 Å². The van der Waals surface area contributed by atoms with Crippen LogP contribution in [0, 0.1) is 0 Å². The summed E-state index contributed by atoms with van der Waals surface area (Å²) < 4.78 is 65.1. The average Bonchev–Trinajstić information content (AvgIpc) is 2.95. The molecule has 8 heterocycles. The molecule has 0 radical (unpaired) electrons. The average molecular weight is 1210 g/mol. The zero-order valence-corrected chi connectivity index (χ0v) is 47.4. The zero-order chi connectivity index (χ0) is 57.8. The molecule has 3 aliphatic heterocycles. The summed E-state index contributed by atoms with van der Waals surface area (Å²) in [5.41, 5.74) is 1.94. The molecule has 22 nitrogen and oxygen atoms in total. The maximum absolute atomic E-state index is 14.5. The third kappa shape index (κ3) is 12.4. The van der Waals surface area contributed by atoms with E-state index in [4.69, 9.17) is 94.8 Å². The van der Waals surface area contributed by atoms with Gasteiger partial charge in [0, 0.05) is 54.4 Å². The Balaban J connectivity index is 0.888. The van der Waals surface area contributed by atoms with E-state index < -0.39 is 19.0 Å². The lowest BCUT2D eigenvalue weighted by Gasteiger charge is -2.40. The number of alkyl halides is 2. The minimum Gasteiger partial charge on any atom is -0.495 e. The van der Waals surface area contributed by atoms with Crippen molar-refractivity contribution in [3.05, 3.63) is 100 Å². The van der Waals surface area contributed by atoms with E-state index >= 15 is 0 Å². The molecule has 4 atom stereocenters. The Morgan fingerprint density at radius 1 is 0.707 bits per heavy atom. The molecule has 0 bridgehead atoms. The summed E-state index contributed by atoms with van der Waals surface area (Å²) in [5, 5.41) is 22.1. The number of ether oxygens (including phenoxy) is 6. The van der Waals surface area contributed by atoms with Crippen LogP contribution in [-0.2, 0) is 32.2 Å². The molecule has 3 fully saturated rings. The van der Waals surface area contributed by atoms with Crippen LogP contribution in [0.25, 0.3) is 44.6 Å². The van der Waals surface area contributed by atoms with Gasteiger partial charge < -0.3 is 59.9 Å². The summed E-state index contributed by atoms with van der Waals surface area (Å²) >= 11 is 27.8. The number of hydrogen-bond donors (Lipinski definition) is 5. The second-order valence-corrected chi connectivity index (χ2v) is 20.7. The Morgan fingerprint density at radius 2 is 1.22 bits per heavy atom. The summed E-state index contributed by atoms with van der Waals surface area (Å²) in [4.78, 5) is 54.5. The van der Waals surface area contributed by atoms with Crippen molar-refractivity contribution in [3.63, 3.8) is 0 Å². The van der Waals surface area contributed by atoms with Gasteiger partial charge in [-0.2, -0.15) is 5.10 Å². The molecule has 5 N–H and O–H groups in total. The Kier molecular flexibility index (Phi) is 17.5. The molecule has 3 saturated heterocycles. The Morgan fingerprint density at radius 3 is 1.76 bits per heavy atom. The number of halogens is 6. The van der Waals surface area contributed by atoms with Gasteiger partial charge in [-0.15, -0.1) is 0 Å². The number of amides is 2. The van der Waals surface area contributed by atoms with Gasteiger partial charge in [0.25, 0.3) is 5.92 Å². The first-order valence-electron chi connectivity index (χ1n) is 25.6. The molecule has 2 aromatic carbocycles. The van der Waals surface area contributed by atoms with E-state index in [-0.39, 0.29) is 122 Å². The van der Waals surface area contributed by atoms with Crippen LogP contribution in [0.4, 0.5) is 32.1 Å². The van der Waals surface area contributed by atoms with Crippen molar-refractivity contribution in [1.29, 1.82) is 0 Å². The number of hydrogen-bond acceptors (Lipinski definition) is 19. The topological polar surface area (TPSA) is 248 Å². The second-order valence-electron chi connectivity index (χ2n) is 19.2. The van der Waals surface area contributed by atoms with Crippen molar-refractivity contribution < 1.29 is 46.8 Å². The Hall–Kier alpha value is -7.61. The largest absolute Gasteiger partial charge is 0.495 e. The Bertz CT molecular complexity index is 3570. The predicted octanol–water partition coefficient (Wildman–Crippen LogP) is 8.42. The number of nitrogens with zero attached hydrogens (tertiary/aromatic N) is 9. The van der Waals surface area contributed by atoms with E-state index in [0.29, 0.717) is 83.4 Å². The summed E-state index contributed by atoms with van der Waals surface area (Å²) in [6.07, 6.45) is 10.1. The number of nitrogens with one attached hydrogen (secondary N) is 5. The van der Waals surface area contributed by atoms with Gasteiger partial charge in [-0.05, 0) is 37.1 Å². The van der Waals surface area contributed by atoms with Crippen molar-refractivity contribution in [1.82, 2.24) is 50.3 Å². The van der Waals surface area contributed by atoms with Crippen LogP contribution in [0.2, 0.25) is 20.1 Å². The van der Waals surface area contributed by atoms with Crippen molar-refractivity contribution >= 4 is 103 Å². The second kappa shape index (κ2) is 24.9. The highest BCUT2D eigenvalue weighted by molar-refractivity contribution is 6.41. The molecule has 0 unspecified atom stereocenters. The van der Waals surface area contributed by atoms with E-state index in [9.17, 15) is 18.4 Å². The van der Waals surface area contributed by atoms with Crippen LogP contribution in [0.3, 0.4) is 0 Å². The SMILES string of the molecule is C=CC(=O)N[C@H]1CCOC[C@H]1Nc1cc2c(NCc3cnn(CCOc4cc(OC)c(Cl)c(-c5nc(N6CC(F)(F)C6)c6cc(N[C@@H]7COCC[C@@H]7NC(=O)C=C)ncc6n5)c4Cl)c3)nc(-c3c(Cl)c(OC)cc(OC)c3Cl)nc2cn1. The van der Waals surface area contributed by atoms with Gasteiger partial charge in [-0.1, -0.05) is 59.6 Å². The number of benzene rings is 2. The molecular weight excluding hydrogens is 1150 g/mol.